The molecule has 1 atom stereocenters. The van der Waals surface area contributed by atoms with Gasteiger partial charge < -0.3 is 20.1 Å². The lowest BCUT2D eigenvalue weighted by atomic mass is 9.85. The molecule has 37 heavy (non-hydrogen) atoms. The molecule has 0 radical (unpaired) electrons. The number of nitrogens with zero attached hydrogens (tertiary/aromatic N) is 1. The normalized spacial score (nSPS) is 19.7. The Balaban J connectivity index is 1.53. The number of rotatable bonds is 6. The number of urea groups is 1. The first-order valence-corrected chi connectivity index (χ1v) is 12.3. The second-order valence-electron chi connectivity index (χ2n) is 7.95. The van der Waals surface area contributed by atoms with Gasteiger partial charge in [0.2, 0.25) is 5.88 Å². The van der Waals surface area contributed by atoms with Gasteiger partial charge in [-0.15, -0.1) is 0 Å². The molecule has 6 nitrogen and oxygen atoms in total. The molecule has 0 aliphatic carbocycles. The minimum absolute atomic E-state index is 0.103. The molecular weight excluding hydrogens is 538 g/mol. The van der Waals surface area contributed by atoms with Crippen LogP contribution in [-0.2, 0) is 10.3 Å². The highest BCUT2D eigenvalue weighted by molar-refractivity contribution is 8.45. The molecule has 2 N–H and O–H groups in total. The fraction of sp³-hybridized carbons (Fsp3) is 0.182. The SMILES string of the molecule is O=C(Nc1ccc(S(F)(F)(F)(F)F)cc1)Nc1cccnc1Oc1ccccc1C1(C(F)(F)F)CCO1. The quantitative estimate of drug-likeness (QED) is 0.300. The van der Waals surface area contributed by atoms with Crippen LogP contribution in [0.25, 0.3) is 0 Å². The number of benzene rings is 2. The highest BCUT2D eigenvalue weighted by atomic mass is 32.5. The molecule has 0 bridgehead atoms. The van der Waals surface area contributed by atoms with Gasteiger partial charge in [-0.05, 0) is 42.5 Å². The zero-order valence-corrected chi connectivity index (χ0v) is 19.2. The molecule has 2 aromatic carbocycles. The average molecular weight is 555 g/mol. The fourth-order valence-corrected chi connectivity index (χ4v) is 4.19. The number of alkyl halides is 3. The summed E-state index contributed by atoms with van der Waals surface area (Å²) < 4.78 is 116. The van der Waals surface area contributed by atoms with Crippen LogP contribution in [0, 0.1) is 0 Å². The molecule has 3 aromatic rings. The van der Waals surface area contributed by atoms with E-state index in [4.69, 9.17) is 9.47 Å². The third kappa shape index (κ3) is 5.56. The summed E-state index contributed by atoms with van der Waals surface area (Å²) in [7, 11) is -9.87. The van der Waals surface area contributed by atoms with Gasteiger partial charge in [-0.25, -0.2) is 9.78 Å². The number of para-hydroxylation sites is 1. The van der Waals surface area contributed by atoms with Crippen LogP contribution in [0.1, 0.15) is 12.0 Å². The molecule has 2 amide bonds. The van der Waals surface area contributed by atoms with E-state index >= 15 is 0 Å². The van der Waals surface area contributed by atoms with Crippen LogP contribution in [-0.4, -0.2) is 23.8 Å². The van der Waals surface area contributed by atoms with Crippen LogP contribution in [0.2, 0.25) is 0 Å². The van der Waals surface area contributed by atoms with Crippen molar-refractivity contribution in [1.29, 1.82) is 0 Å². The number of halogens is 8. The second kappa shape index (κ2) is 8.21. The molecule has 1 aliphatic heterocycles. The minimum Gasteiger partial charge on any atom is -0.437 e. The van der Waals surface area contributed by atoms with Crippen molar-refractivity contribution in [2.75, 3.05) is 17.2 Å². The van der Waals surface area contributed by atoms with Crippen LogP contribution in [0.15, 0.2) is 71.8 Å². The van der Waals surface area contributed by atoms with Crippen molar-refractivity contribution in [3.05, 3.63) is 72.4 Å². The number of carbonyl (C=O) groups excluding carboxylic acids is 1. The van der Waals surface area contributed by atoms with Crippen LogP contribution in [0.5, 0.6) is 11.6 Å². The Morgan fingerprint density at radius 1 is 0.946 bits per heavy atom. The third-order valence-corrected chi connectivity index (χ3v) is 6.53. The summed E-state index contributed by atoms with van der Waals surface area (Å²) in [4.78, 5) is 14.2. The Hall–Kier alpha value is -3.59. The maximum atomic E-state index is 13.8. The van der Waals surface area contributed by atoms with Crippen molar-refractivity contribution in [3.8, 4) is 11.6 Å². The van der Waals surface area contributed by atoms with Gasteiger partial charge in [-0.3, -0.25) is 0 Å². The van der Waals surface area contributed by atoms with Crippen LogP contribution in [0.3, 0.4) is 0 Å². The molecule has 15 heteroatoms. The summed E-state index contributed by atoms with van der Waals surface area (Å²) in [6, 6.07) is 8.48. The van der Waals surface area contributed by atoms with Crippen molar-refractivity contribution >= 4 is 27.6 Å². The number of nitrogens with one attached hydrogen (secondary N) is 2. The lowest BCUT2D eigenvalue weighted by Gasteiger charge is -2.43. The molecule has 1 aromatic heterocycles. The average Bonchev–Trinajstić information content (AvgIpc) is 2.73. The molecule has 0 saturated carbocycles. The van der Waals surface area contributed by atoms with E-state index < -0.39 is 32.9 Å². The molecule has 1 saturated heterocycles. The Kier molecular flexibility index (Phi) is 5.87. The number of hydrogen-bond donors (Lipinski definition) is 2. The number of aromatic nitrogens is 1. The van der Waals surface area contributed by atoms with E-state index in [1.807, 2.05) is 0 Å². The van der Waals surface area contributed by atoms with Gasteiger partial charge in [-0.2, -0.15) is 13.2 Å². The van der Waals surface area contributed by atoms with Gasteiger partial charge in [0.05, 0.1) is 6.61 Å². The first-order valence-electron chi connectivity index (χ1n) is 10.3. The topological polar surface area (TPSA) is 72.5 Å². The monoisotopic (exact) mass is 555 g/mol. The van der Waals surface area contributed by atoms with E-state index in [0.717, 1.165) is 0 Å². The van der Waals surface area contributed by atoms with E-state index in [1.54, 1.807) is 0 Å². The van der Waals surface area contributed by atoms with Gasteiger partial charge >= 0.3 is 22.4 Å². The maximum Gasteiger partial charge on any atom is 0.421 e. The molecule has 200 valence electrons. The molecular formula is C22H17F8N3O3S. The van der Waals surface area contributed by atoms with Crippen molar-refractivity contribution in [1.82, 2.24) is 4.98 Å². The van der Waals surface area contributed by atoms with E-state index in [1.165, 1.54) is 42.6 Å². The maximum absolute atomic E-state index is 13.8. The summed E-state index contributed by atoms with van der Waals surface area (Å²) in [6.45, 7) is -0.104. The lowest BCUT2D eigenvalue weighted by Crippen LogP contribution is -2.52. The third-order valence-electron chi connectivity index (χ3n) is 5.37. The van der Waals surface area contributed by atoms with Crippen molar-refractivity contribution in [2.45, 2.75) is 23.1 Å². The summed E-state index contributed by atoms with van der Waals surface area (Å²) in [5.41, 5.74) is -3.20. The molecule has 2 heterocycles. The molecule has 1 unspecified atom stereocenters. The van der Waals surface area contributed by atoms with E-state index in [2.05, 4.69) is 15.6 Å². The number of ether oxygens (including phenoxy) is 2. The van der Waals surface area contributed by atoms with Gasteiger partial charge in [0, 0.05) is 23.9 Å². The van der Waals surface area contributed by atoms with Crippen LogP contribution >= 0.6 is 10.2 Å². The highest BCUT2D eigenvalue weighted by Crippen LogP contribution is 3.02. The Bertz CT molecular complexity index is 1330. The Labute approximate surface area is 204 Å². The Morgan fingerprint density at radius 3 is 2.16 bits per heavy atom. The van der Waals surface area contributed by atoms with Crippen LogP contribution < -0.4 is 15.4 Å². The van der Waals surface area contributed by atoms with E-state index in [0.29, 0.717) is 12.1 Å². The highest BCUT2D eigenvalue weighted by Gasteiger charge is 2.65. The van der Waals surface area contributed by atoms with Crippen molar-refractivity contribution < 1.29 is 46.9 Å². The zero-order valence-electron chi connectivity index (χ0n) is 18.4. The number of anilines is 2. The summed E-state index contributed by atoms with van der Waals surface area (Å²) in [5.74, 6) is -0.522. The zero-order chi connectivity index (χ0) is 27.2. The number of carbonyl (C=O) groups is 1. The number of amides is 2. The summed E-state index contributed by atoms with van der Waals surface area (Å²) >= 11 is 0. The fourth-order valence-electron chi connectivity index (χ4n) is 3.54. The number of hydrogen-bond acceptors (Lipinski definition) is 4. The first-order chi connectivity index (χ1) is 17.0. The predicted molar refractivity (Wildman–Crippen MR) is 120 cm³/mol. The van der Waals surface area contributed by atoms with Gasteiger partial charge in [0.25, 0.3) is 0 Å². The second-order valence-corrected chi connectivity index (χ2v) is 10.4. The smallest absolute Gasteiger partial charge is 0.421 e. The minimum atomic E-state index is -9.87. The lowest BCUT2D eigenvalue weighted by molar-refractivity contribution is -0.333. The molecule has 1 fully saturated rings. The number of pyridine rings is 1. The standard InChI is InChI=1S/C22H17F8N3O3S/c23-22(24,25)21(11-13-35-21)16-4-1-2-6-18(16)36-19-17(5-3-12-31-19)33-20(34)32-14-7-9-15(10-8-14)37(26,27,28,29)30/h1-10,12H,11,13H2,(H2,32,33,34). The predicted octanol–water partition coefficient (Wildman–Crippen LogP) is 8.35. The van der Waals surface area contributed by atoms with Crippen molar-refractivity contribution in [2.24, 2.45) is 0 Å². The molecule has 1 aliphatic rings. The van der Waals surface area contributed by atoms with Gasteiger partial charge in [0.15, 0.2) is 5.60 Å². The van der Waals surface area contributed by atoms with Gasteiger partial charge in [-0.1, -0.05) is 37.6 Å². The van der Waals surface area contributed by atoms with Crippen molar-refractivity contribution in [3.63, 3.8) is 0 Å². The first kappa shape index (κ1) is 26.5. The molecule has 0 spiro atoms. The van der Waals surface area contributed by atoms with E-state index in [9.17, 15) is 37.4 Å². The summed E-state index contributed by atoms with van der Waals surface area (Å²) in [5, 5.41) is 4.46. The van der Waals surface area contributed by atoms with Gasteiger partial charge in [0.1, 0.15) is 16.3 Å². The van der Waals surface area contributed by atoms with Crippen LogP contribution in [0.4, 0.5) is 48.8 Å². The largest absolute Gasteiger partial charge is 0.437 e. The molecule has 4 rings (SSSR count). The summed E-state index contributed by atoms with van der Waals surface area (Å²) in [6.07, 6.45) is -3.81. The van der Waals surface area contributed by atoms with E-state index in [-0.39, 0.29) is 53.7 Å². The Morgan fingerprint density at radius 2 is 1.59 bits per heavy atom.